The van der Waals surface area contributed by atoms with E-state index in [1.54, 1.807) is 0 Å². The average Bonchev–Trinajstić information content (AvgIpc) is 2.96. The lowest BCUT2D eigenvalue weighted by molar-refractivity contribution is -0.223. The van der Waals surface area contributed by atoms with Crippen molar-refractivity contribution in [3.63, 3.8) is 0 Å². The molecule has 0 aromatic heterocycles. The van der Waals surface area contributed by atoms with Crippen LogP contribution in [0.4, 0.5) is 17.6 Å². The molecule has 0 saturated heterocycles. The Balaban J connectivity index is 1.23. The number of unbranched alkanes of at least 4 members (excludes halogenated alkanes) is 1. The fraction of sp³-hybridized carbons (Fsp3) is 0.758. The predicted molar refractivity (Wildman–Crippen MR) is 156 cm³/mol. The van der Waals surface area contributed by atoms with Crippen molar-refractivity contribution in [3.8, 4) is 5.75 Å². The van der Waals surface area contributed by atoms with Crippen molar-refractivity contribution in [3.05, 3.63) is 42.0 Å². The third-order valence-electron chi connectivity index (χ3n) is 9.64. The molecule has 3 saturated carbocycles. The Morgan fingerprint density at radius 2 is 1.55 bits per heavy atom. The first-order chi connectivity index (χ1) is 19.3. The standard InChI is InChI=1S/C33H48F4O2S/c1-3-5-6-7-23-8-10-24(11-9-23)25-12-14-26(15-13-25)29-20-21-30(32(35)31(29)34)39-33(36,37)22-38-27-16-18-28(19-17-27)40-4-2/h3,20-21,23-28H,1,4-19,22H2,2H3. The van der Waals surface area contributed by atoms with Gasteiger partial charge in [-0.15, -0.1) is 6.58 Å². The van der Waals surface area contributed by atoms with E-state index in [0.29, 0.717) is 11.2 Å². The lowest BCUT2D eigenvalue weighted by atomic mass is 9.68. The minimum absolute atomic E-state index is 0.0834. The van der Waals surface area contributed by atoms with Crippen LogP contribution < -0.4 is 4.74 Å². The van der Waals surface area contributed by atoms with Crippen LogP contribution in [0.3, 0.4) is 0 Å². The molecule has 3 fully saturated rings. The lowest BCUT2D eigenvalue weighted by Crippen LogP contribution is -2.35. The number of thioether (sulfide) groups is 1. The summed E-state index contributed by atoms with van der Waals surface area (Å²) >= 11 is 1.89. The van der Waals surface area contributed by atoms with Crippen molar-refractivity contribution < 1.29 is 27.0 Å². The predicted octanol–water partition coefficient (Wildman–Crippen LogP) is 10.5. The topological polar surface area (TPSA) is 18.5 Å². The maximum Gasteiger partial charge on any atom is 0.422 e. The molecule has 0 aliphatic heterocycles. The van der Waals surface area contributed by atoms with Crippen molar-refractivity contribution in [2.45, 2.75) is 127 Å². The van der Waals surface area contributed by atoms with Gasteiger partial charge in [0.15, 0.2) is 18.2 Å². The van der Waals surface area contributed by atoms with Crippen LogP contribution in [0.25, 0.3) is 0 Å². The van der Waals surface area contributed by atoms with Gasteiger partial charge in [0.1, 0.15) is 0 Å². The summed E-state index contributed by atoms with van der Waals surface area (Å²) in [5, 5.41) is 0.560. The number of halogens is 4. The van der Waals surface area contributed by atoms with E-state index >= 15 is 4.39 Å². The molecule has 2 nitrogen and oxygen atoms in total. The molecule has 40 heavy (non-hydrogen) atoms. The molecule has 1 aromatic rings. The van der Waals surface area contributed by atoms with Gasteiger partial charge in [0.25, 0.3) is 0 Å². The maximum absolute atomic E-state index is 15.1. The van der Waals surface area contributed by atoms with Crippen LogP contribution in [0.1, 0.15) is 115 Å². The van der Waals surface area contributed by atoms with Crippen LogP contribution in [0.15, 0.2) is 24.8 Å². The Bertz CT molecular complexity index is 917. The summed E-state index contributed by atoms with van der Waals surface area (Å²) in [5.41, 5.74) is 0.288. The molecule has 0 bridgehead atoms. The van der Waals surface area contributed by atoms with Gasteiger partial charge in [-0.05, 0) is 118 Å². The molecular weight excluding hydrogens is 536 g/mol. The summed E-state index contributed by atoms with van der Waals surface area (Å²) in [6.07, 6.45) is 13.8. The van der Waals surface area contributed by atoms with E-state index < -0.39 is 30.1 Å². The Hall–Kier alpha value is -1.21. The fourth-order valence-electron chi connectivity index (χ4n) is 7.35. The SMILES string of the molecule is C=CCCCC1CCC(C2CCC(c3ccc(OC(F)(F)COC4CCC(SCC)CC4)c(F)c3F)CC2)CC1. The molecular formula is C33H48F4O2S. The molecule has 1 aromatic carbocycles. The average molecular weight is 585 g/mol. The number of alkyl halides is 2. The highest BCUT2D eigenvalue weighted by Gasteiger charge is 2.37. The van der Waals surface area contributed by atoms with Gasteiger partial charge >= 0.3 is 6.11 Å². The van der Waals surface area contributed by atoms with Gasteiger partial charge in [-0.2, -0.15) is 24.9 Å². The first kappa shape index (κ1) is 31.7. The van der Waals surface area contributed by atoms with E-state index in [9.17, 15) is 13.2 Å². The molecule has 0 amide bonds. The van der Waals surface area contributed by atoms with Crippen molar-refractivity contribution >= 4 is 11.8 Å². The number of allylic oxidation sites excluding steroid dienone is 1. The fourth-order valence-corrected chi connectivity index (χ4v) is 8.42. The van der Waals surface area contributed by atoms with E-state index in [0.717, 1.165) is 81.4 Å². The van der Waals surface area contributed by atoms with Crippen LogP contribution in [-0.2, 0) is 4.74 Å². The van der Waals surface area contributed by atoms with Crippen LogP contribution in [0, 0.1) is 29.4 Å². The first-order valence-corrected chi connectivity index (χ1v) is 16.7. The summed E-state index contributed by atoms with van der Waals surface area (Å²) in [6.45, 7) is 4.96. The Morgan fingerprint density at radius 1 is 0.900 bits per heavy atom. The molecule has 7 heteroatoms. The summed E-state index contributed by atoms with van der Waals surface area (Å²) < 4.78 is 69.1. The minimum Gasteiger partial charge on any atom is -0.428 e. The van der Waals surface area contributed by atoms with Crippen molar-refractivity contribution in [2.24, 2.45) is 17.8 Å². The van der Waals surface area contributed by atoms with Crippen LogP contribution in [0.2, 0.25) is 0 Å². The maximum atomic E-state index is 15.1. The smallest absolute Gasteiger partial charge is 0.422 e. The van der Waals surface area contributed by atoms with Crippen molar-refractivity contribution in [2.75, 3.05) is 12.4 Å². The second kappa shape index (κ2) is 15.3. The molecule has 0 heterocycles. The second-order valence-electron chi connectivity index (χ2n) is 12.3. The minimum atomic E-state index is -3.73. The molecule has 0 spiro atoms. The van der Waals surface area contributed by atoms with Gasteiger partial charge in [0, 0.05) is 5.25 Å². The molecule has 3 aliphatic carbocycles. The van der Waals surface area contributed by atoms with E-state index in [2.05, 4.69) is 18.2 Å². The van der Waals surface area contributed by atoms with Gasteiger partial charge in [-0.1, -0.05) is 38.3 Å². The van der Waals surface area contributed by atoms with Gasteiger partial charge in [0.05, 0.1) is 6.10 Å². The zero-order valence-electron chi connectivity index (χ0n) is 24.2. The molecule has 0 atom stereocenters. The largest absolute Gasteiger partial charge is 0.428 e. The molecule has 0 N–H and O–H groups in total. The van der Waals surface area contributed by atoms with Crippen LogP contribution in [-0.4, -0.2) is 29.8 Å². The zero-order valence-corrected chi connectivity index (χ0v) is 25.0. The van der Waals surface area contributed by atoms with Crippen molar-refractivity contribution in [1.82, 2.24) is 0 Å². The molecule has 0 radical (unpaired) electrons. The van der Waals surface area contributed by atoms with E-state index in [1.165, 1.54) is 44.6 Å². The van der Waals surface area contributed by atoms with E-state index in [1.807, 2.05) is 17.8 Å². The summed E-state index contributed by atoms with van der Waals surface area (Å²) in [5.74, 6) is 0.0622. The summed E-state index contributed by atoms with van der Waals surface area (Å²) in [7, 11) is 0. The molecule has 4 rings (SSSR count). The lowest BCUT2D eigenvalue weighted by Gasteiger charge is -2.38. The van der Waals surface area contributed by atoms with Gasteiger partial charge in [-0.25, -0.2) is 4.39 Å². The highest BCUT2D eigenvalue weighted by Crippen LogP contribution is 2.45. The number of hydrogen-bond donors (Lipinski definition) is 0. The quantitative estimate of drug-likeness (QED) is 0.131. The summed E-state index contributed by atoms with van der Waals surface area (Å²) in [6, 6.07) is 2.60. The van der Waals surface area contributed by atoms with Gasteiger partial charge in [0.2, 0.25) is 5.82 Å². The van der Waals surface area contributed by atoms with E-state index in [4.69, 9.17) is 4.74 Å². The second-order valence-corrected chi connectivity index (χ2v) is 13.9. The highest BCUT2D eigenvalue weighted by atomic mass is 32.2. The normalized spacial score (nSPS) is 29.7. The Morgan fingerprint density at radius 3 is 2.17 bits per heavy atom. The van der Waals surface area contributed by atoms with Crippen LogP contribution >= 0.6 is 11.8 Å². The van der Waals surface area contributed by atoms with Gasteiger partial charge < -0.3 is 9.47 Å². The van der Waals surface area contributed by atoms with Crippen LogP contribution in [0.5, 0.6) is 5.75 Å². The monoisotopic (exact) mass is 584 g/mol. The zero-order chi connectivity index (χ0) is 28.5. The Kier molecular flexibility index (Phi) is 12.1. The number of hydrogen-bond acceptors (Lipinski definition) is 3. The third-order valence-corrected chi connectivity index (χ3v) is 10.9. The molecule has 3 aliphatic rings. The molecule has 226 valence electrons. The summed E-state index contributed by atoms with van der Waals surface area (Å²) in [4.78, 5) is 0. The number of ether oxygens (including phenoxy) is 2. The highest BCUT2D eigenvalue weighted by molar-refractivity contribution is 7.99. The number of rotatable bonds is 13. The first-order valence-electron chi connectivity index (χ1n) is 15.7. The van der Waals surface area contributed by atoms with Crippen molar-refractivity contribution in [1.29, 1.82) is 0 Å². The van der Waals surface area contributed by atoms with E-state index in [-0.39, 0.29) is 17.6 Å². The third kappa shape index (κ3) is 8.89. The Labute approximate surface area is 243 Å². The van der Waals surface area contributed by atoms with Gasteiger partial charge in [-0.3, -0.25) is 0 Å². The molecule has 0 unspecified atom stereocenters. The number of benzene rings is 1.